The van der Waals surface area contributed by atoms with Crippen LogP contribution < -0.4 is 5.32 Å². The highest BCUT2D eigenvalue weighted by atomic mass is 32.1. The second-order valence-corrected chi connectivity index (χ2v) is 5.50. The molecule has 5 heteroatoms. The molecule has 0 bridgehead atoms. The number of carbonyl (C=O) groups is 1. The summed E-state index contributed by atoms with van der Waals surface area (Å²) < 4.78 is 0. The van der Waals surface area contributed by atoms with E-state index in [0.717, 1.165) is 30.6 Å². The van der Waals surface area contributed by atoms with Gasteiger partial charge < -0.3 is 15.5 Å². The van der Waals surface area contributed by atoms with E-state index in [1.807, 2.05) is 0 Å². The van der Waals surface area contributed by atoms with Crippen molar-refractivity contribution >= 4 is 17.2 Å². The van der Waals surface area contributed by atoms with E-state index in [1.165, 1.54) is 11.3 Å². The van der Waals surface area contributed by atoms with E-state index in [1.54, 1.807) is 11.4 Å². The fourth-order valence-electron chi connectivity index (χ4n) is 2.18. The van der Waals surface area contributed by atoms with Gasteiger partial charge in [0.25, 0.3) is 5.91 Å². The van der Waals surface area contributed by atoms with Crippen LogP contribution in [0.2, 0.25) is 0 Å². The Morgan fingerprint density at radius 3 is 3.00 bits per heavy atom. The number of rotatable bonds is 2. The number of nitrogens with one attached hydrogen (secondary N) is 1. The predicted molar refractivity (Wildman–Crippen MR) is 74.0 cm³/mol. The molecule has 0 radical (unpaired) electrons. The van der Waals surface area contributed by atoms with E-state index in [-0.39, 0.29) is 18.6 Å². The van der Waals surface area contributed by atoms with Crippen LogP contribution >= 0.6 is 11.3 Å². The first kappa shape index (κ1) is 14.1. The van der Waals surface area contributed by atoms with Crippen molar-refractivity contribution in [2.75, 3.05) is 6.61 Å². The maximum atomic E-state index is 12.0. The van der Waals surface area contributed by atoms with E-state index in [2.05, 4.69) is 17.2 Å². The molecule has 0 aromatic carbocycles. The Bertz CT molecular complexity index is 500. The van der Waals surface area contributed by atoms with Gasteiger partial charge in [-0.2, -0.15) is 0 Å². The lowest BCUT2D eigenvalue weighted by atomic mass is 9.92. The SMILES string of the molecule is O=C(NC1CCCCC1O)c1csc(C#CCO)c1. The van der Waals surface area contributed by atoms with Gasteiger partial charge in [-0.05, 0) is 18.9 Å². The minimum Gasteiger partial charge on any atom is -0.391 e. The predicted octanol–water partition coefficient (Wildman–Crippen LogP) is 1.13. The highest BCUT2D eigenvalue weighted by molar-refractivity contribution is 7.10. The van der Waals surface area contributed by atoms with Crippen LogP contribution in [0.3, 0.4) is 0 Å². The first-order valence-corrected chi connectivity index (χ1v) is 7.26. The number of aliphatic hydroxyl groups is 2. The van der Waals surface area contributed by atoms with Crippen molar-refractivity contribution < 1.29 is 15.0 Å². The largest absolute Gasteiger partial charge is 0.391 e. The minimum atomic E-state index is -0.440. The molecule has 0 aliphatic heterocycles. The summed E-state index contributed by atoms with van der Waals surface area (Å²) in [5, 5.41) is 23.1. The molecule has 19 heavy (non-hydrogen) atoms. The molecule has 102 valence electrons. The van der Waals surface area contributed by atoms with Crippen molar-refractivity contribution in [1.29, 1.82) is 0 Å². The third-order valence-corrected chi connectivity index (χ3v) is 4.04. The smallest absolute Gasteiger partial charge is 0.252 e. The van der Waals surface area contributed by atoms with Crippen LogP contribution in [0.25, 0.3) is 0 Å². The lowest BCUT2D eigenvalue weighted by Crippen LogP contribution is -2.44. The summed E-state index contributed by atoms with van der Waals surface area (Å²) in [6.45, 7) is -0.187. The molecule has 1 aliphatic carbocycles. The number of carbonyl (C=O) groups excluding carboxylic acids is 1. The van der Waals surface area contributed by atoms with E-state index in [9.17, 15) is 9.90 Å². The summed E-state index contributed by atoms with van der Waals surface area (Å²) in [7, 11) is 0. The zero-order valence-electron chi connectivity index (χ0n) is 10.6. The quantitative estimate of drug-likeness (QED) is 0.711. The molecular weight excluding hydrogens is 262 g/mol. The summed E-state index contributed by atoms with van der Waals surface area (Å²) in [4.78, 5) is 12.8. The van der Waals surface area contributed by atoms with Crippen LogP contribution in [0.4, 0.5) is 0 Å². The molecule has 0 saturated heterocycles. The normalized spacial score (nSPS) is 22.4. The van der Waals surface area contributed by atoms with Gasteiger partial charge in [0.1, 0.15) is 6.61 Å². The van der Waals surface area contributed by atoms with E-state index < -0.39 is 6.10 Å². The summed E-state index contributed by atoms with van der Waals surface area (Å²) in [5.74, 6) is 5.15. The van der Waals surface area contributed by atoms with Gasteiger partial charge >= 0.3 is 0 Å². The molecule has 1 aromatic rings. The van der Waals surface area contributed by atoms with Crippen molar-refractivity contribution in [2.24, 2.45) is 0 Å². The first-order chi connectivity index (χ1) is 9.20. The fraction of sp³-hybridized carbons (Fsp3) is 0.500. The minimum absolute atomic E-state index is 0.145. The molecule has 4 nitrogen and oxygen atoms in total. The number of amides is 1. The van der Waals surface area contributed by atoms with Crippen LogP contribution in [-0.2, 0) is 0 Å². The summed E-state index contributed by atoms with van der Waals surface area (Å²) in [6.07, 6.45) is 3.20. The molecule has 2 rings (SSSR count). The van der Waals surface area contributed by atoms with E-state index in [0.29, 0.717) is 5.56 Å². The molecule has 2 atom stereocenters. The molecule has 2 unspecified atom stereocenters. The monoisotopic (exact) mass is 279 g/mol. The van der Waals surface area contributed by atoms with Gasteiger partial charge in [0.2, 0.25) is 0 Å². The van der Waals surface area contributed by atoms with Crippen LogP contribution in [0.1, 0.15) is 40.9 Å². The van der Waals surface area contributed by atoms with E-state index in [4.69, 9.17) is 5.11 Å². The van der Waals surface area contributed by atoms with Crippen molar-refractivity contribution in [3.63, 3.8) is 0 Å². The van der Waals surface area contributed by atoms with Crippen molar-refractivity contribution in [2.45, 2.75) is 37.8 Å². The molecule has 1 aliphatic rings. The van der Waals surface area contributed by atoms with E-state index >= 15 is 0 Å². The molecule has 1 aromatic heterocycles. The highest BCUT2D eigenvalue weighted by Crippen LogP contribution is 2.19. The first-order valence-electron chi connectivity index (χ1n) is 6.38. The van der Waals surface area contributed by atoms with Gasteiger partial charge in [0.15, 0.2) is 0 Å². The molecule has 1 amide bonds. The topological polar surface area (TPSA) is 69.6 Å². The number of thiophene rings is 1. The Hall–Kier alpha value is -1.35. The standard InChI is InChI=1S/C14H17NO3S/c16-7-3-4-11-8-10(9-19-11)14(18)15-12-5-1-2-6-13(12)17/h8-9,12-13,16-17H,1-2,5-7H2,(H,15,18). The summed E-state index contributed by atoms with van der Waals surface area (Å²) in [5.41, 5.74) is 0.560. The maximum absolute atomic E-state index is 12.0. The molecule has 1 saturated carbocycles. The van der Waals surface area contributed by atoms with Crippen LogP contribution in [0.15, 0.2) is 11.4 Å². The molecule has 1 heterocycles. The average Bonchev–Trinajstić information content (AvgIpc) is 2.88. The van der Waals surface area contributed by atoms with Gasteiger partial charge in [0, 0.05) is 5.38 Å². The molecule has 0 spiro atoms. The molecule has 3 N–H and O–H groups in total. The summed E-state index contributed by atoms with van der Waals surface area (Å²) in [6, 6.07) is 1.56. The highest BCUT2D eigenvalue weighted by Gasteiger charge is 2.25. The Kier molecular flexibility index (Phi) is 4.97. The van der Waals surface area contributed by atoms with Crippen LogP contribution in [0.5, 0.6) is 0 Å². The van der Waals surface area contributed by atoms with Crippen LogP contribution in [0, 0.1) is 11.8 Å². The second kappa shape index (κ2) is 6.71. The van der Waals surface area contributed by atoms with Crippen LogP contribution in [-0.4, -0.2) is 34.9 Å². The Morgan fingerprint density at radius 1 is 1.47 bits per heavy atom. The van der Waals surface area contributed by atoms with Crippen molar-refractivity contribution in [3.05, 3.63) is 21.9 Å². The molecular formula is C14H17NO3S. The van der Waals surface area contributed by atoms with Gasteiger partial charge in [-0.3, -0.25) is 4.79 Å². The van der Waals surface area contributed by atoms with Gasteiger partial charge in [0.05, 0.1) is 22.6 Å². The fourth-order valence-corrected chi connectivity index (χ4v) is 2.93. The van der Waals surface area contributed by atoms with Gasteiger partial charge in [-0.25, -0.2) is 0 Å². The molecule has 1 fully saturated rings. The Balaban J connectivity index is 1.97. The third-order valence-electron chi connectivity index (χ3n) is 3.20. The summed E-state index contributed by atoms with van der Waals surface area (Å²) >= 11 is 1.37. The lowest BCUT2D eigenvalue weighted by molar-refractivity contribution is 0.0717. The average molecular weight is 279 g/mol. The van der Waals surface area contributed by atoms with Crippen molar-refractivity contribution in [1.82, 2.24) is 5.32 Å². The lowest BCUT2D eigenvalue weighted by Gasteiger charge is -2.28. The van der Waals surface area contributed by atoms with Gasteiger partial charge in [-0.1, -0.05) is 24.7 Å². The van der Waals surface area contributed by atoms with Gasteiger partial charge in [-0.15, -0.1) is 11.3 Å². The zero-order valence-corrected chi connectivity index (χ0v) is 11.4. The number of hydrogen-bond acceptors (Lipinski definition) is 4. The third kappa shape index (κ3) is 3.80. The maximum Gasteiger partial charge on any atom is 0.252 e. The zero-order chi connectivity index (χ0) is 13.7. The number of hydrogen-bond donors (Lipinski definition) is 3. The Labute approximate surface area is 116 Å². The Morgan fingerprint density at radius 2 is 2.26 bits per heavy atom. The van der Waals surface area contributed by atoms with Crippen molar-refractivity contribution in [3.8, 4) is 11.8 Å². The number of aliphatic hydroxyl groups excluding tert-OH is 2. The second-order valence-electron chi connectivity index (χ2n) is 4.59.